The van der Waals surface area contributed by atoms with Crippen molar-refractivity contribution in [3.05, 3.63) is 93.8 Å². The monoisotopic (exact) mass is 491 g/mol. The Morgan fingerprint density at radius 2 is 2.00 bits per heavy atom. The Morgan fingerprint density at radius 1 is 1.19 bits per heavy atom. The molecule has 1 amide bonds. The van der Waals surface area contributed by atoms with E-state index < -0.39 is 12.0 Å². The first-order valence-corrected chi connectivity index (χ1v) is 10.9. The van der Waals surface area contributed by atoms with Crippen LogP contribution in [0.1, 0.15) is 44.9 Å². The van der Waals surface area contributed by atoms with Crippen molar-refractivity contribution in [1.82, 2.24) is 10.2 Å². The number of hydrogen-bond acceptors (Lipinski definition) is 5. The van der Waals surface area contributed by atoms with Gasteiger partial charge in [-0.25, -0.2) is 4.79 Å². The molecule has 1 N–H and O–H groups in total. The lowest BCUT2D eigenvalue weighted by Crippen LogP contribution is -2.29. The van der Waals surface area contributed by atoms with E-state index in [0.717, 1.165) is 15.6 Å². The number of H-pyrrole nitrogens is 1. The molecule has 0 saturated carbocycles. The van der Waals surface area contributed by atoms with E-state index in [1.165, 1.54) is 0 Å². The fourth-order valence-electron chi connectivity index (χ4n) is 3.98. The maximum Gasteiger partial charge on any atom is 0.338 e. The number of aromatic amines is 1. The highest BCUT2D eigenvalue weighted by molar-refractivity contribution is 9.10. The summed E-state index contributed by atoms with van der Waals surface area (Å²) in [5, 5.41) is 7.29. The van der Waals surface area contributed by atoms with Gasteiger partial charge >= 0.3 is 5.97 Å². The molecule has 3 heterocycles. The van der Waals surface area contributed by atoms with Crippen molar-refractivity contribution in [3.63, 3.8) is 0 Å². The normalized spacial score (nSPS) is 15.1. The number of hydrogen-bond donors (Lipinski definition) is 1. The molecule has 0 fully saturated rings. The number of carbonyl (C=O) groups is 2. The SMILES string of the molecule is CCOC(=O)c1ccc(N2C(=O)c3n[nH]c(-c4ccco4)c3C2c2cccc(Br)c2)cc1. The number of anilines is 1. The van der Waals surface area contributed by atoms with E-state index in [0.29, 0.717) is 35.0 Å². The van der Waals surface area contributed by atoms with Crippen LogP contribution in [0.4, 0.5) is 5.69 Å². The number of fused-ring (bicyclic) bond motifs is 1. The molecule has 0 radical (unpaired) electrons. The van der Waals surface area contributed by atoms with E-state index in [2.05, 4.69) is 26.1 Å². The number of amides is 1. The summed E-state index contributed by atoms with van der Waals surface area (Å²) in [4.78, 5) is 27.2. The zero-order chi connectivity index (χ0) is 22.2. The van der Waals surface area contributed by atoms with Gasteiger partial charge in [0.1, 0.15) is 5.69 Å². The van der Waals surface area contributed by atoms with Crippen LogP contribution >= 0.6 is 15.9 Å². The average molecular weight is 492 g/mol. The highest BCUT2D eigenvalue weighted by Gasteiger charge is 2.43. The zero-order valence-corrected chi connectivity index (χ0v) is 18.6. The number of aromatic nitrogens is 2. The Hall–Kier alpha value is -3.65. The fourth-order valence-corrected chi connectivity index (χ4v) is 4.40. The molecule has 1 aliphatic rings. The van der Waals surface area contributed by atoms with Crippen molar-refractivity contribution >= 4 is 33.5 Å². The van der Waals surface area contributed by atoms with Gasteiger partial charge in [-0.05, 0) is 61.0 Å². The molecule has 4 aromatic rings. The van der Waals surface area contributed by atoms with Crippen molar-refractivity contribution < 1.29 is 18.7 Å². The number of rotatable bonds is 5. The topological polar surface area (TPSA) is 88.4 Å². The number of furan rings is 1. The van der Waals surface area contributed by atoms with E-state index in [4.69, 9.17) is 9.15 Å². The van der Waals surface area contributed by atoms with Gasteiger partial charge < -0.3 is 9.15 Å². The van der Waals surface area contributed by atoms with E-state index >= 15 is 0 Å². The predicted molar refractivity (Wildman–Crippen MR) is 121 cm³/mol. The first-order chi connectivity index (χ1) is 15.6. The minimum atomic E-state index is -0.428. The third-order valence-corrected chi connectivity index (χ3v) is 5.84. The number of halogens is 1. The van der Waals surface area contributed by atoms with Crippen LogP contribution < -0.4 is 4.90 Å². The summed E-state index contributed by atoms with van der Waals surface area (Å²) in [5.41, 5.74) is 3.74. The molecule has 1 atom stereocenters. The predicted octanol–water partition coefficient (Wildman–Crippen LogP) is 5.36. The smallest absolute Gasteiger partial charge is 0.338 e. The molecule has 0 spiro atoms. The van der Waals surface area contributed by atoms with Gasteiger partial charge in [-0.1, -0.05) is 28.1 Å². The molecular weight excluding hydrogens is 474 g/mol. The molecule has 7 nitrogen and oxygen atoms in total. The third kappa shape index (κ3) is 3.33. The molecular formula is C24H18BrN3O4. The van der Waals surface area contributed by atoms with Gasteiger partial charge in [0.05, 0.1) is 24.5 Å². The maximum absolute atomic E-state index is 13.5. The number of esters is 1. The van der Waals surface area contributed by atoms with Gasteiger partial charge in [0.15, 0.2) is 11.5 Å². The third-order valence-electron chi connectivity index (χ3n) is 5.35. The lowest BCUT2D eigenvalue weighted by Gasteiger charge is -2.26. The summed E-state index contributed by atoms with van der Waals surface area (Å²) < 4.78 is 11.6. The number of nitrogens with zero attached hydrogens (tertiary/aromatic N) is 2. The molecule has 2 aromatic heterocycles. The molecule has 0 saturated heterocycles. The Labute approximate surface area is 192 Å². The van der Waals surface area contributed by atoms with Gasteiger partial charge in [-0.3, -0.25) is 14.8 Å². The molecule has 8 heteroatoms. The summed E-state index contributed by atoms with van der Waals surface area (Å²) >= 11 is 3.53. The quantitative estimate of drug-likeness (QED) is 0.379. The van der Waals surface area contributed by atoms with Crippen LogP contribution in [0.5, 0.6) is 0 Å². The lowest BCUT2D eigenvalue weighted by molar-refractivity contribution is 0.0526. The molecule has 160 valence electrons. The number of benzene rings is 2. The Kier molecular flexibility index (Phi) is 5.14. The molecule has 1 aliphatic heterocycles. The lowest BCUT2D eigenvalue weighted by atomic mass is 9.97. The highest BCUT2D eigenvalue weighted by atomic mass is 79.9. The van der Waals surface area contributed by atoms with Crippen LogP contribution in [-0.4, -0.2) is 28.7 Å². The molecule has 0 aliphatic carbocycles. The van der Waals surface area contributed by atoms with Crippen LogP contribution in [0.15, 0.2) is 75.8 Å². The molecule has 32 heavy (non-hydrogen) atoms. The van der Waals surface area contributed by atoms with Crippen molar-refractivity contribution in [3.8, 4) is 11.5 Å². The average Bonchev–Trinajstić information content (AvgIpc) is 3.52. The minimum Gasteiger partial charge on any atom is -0.463 e. The number of carbonyl (C=O) groups excluding carboxylic acids is 2. The second-order valence-electron chi connectivity index (χ2n) is 7.24. The van der Waals surface area contributed by atoms with Gasteiger partial charge in [-0.2, -0.15) is 5.10 Å². The summed E-state index contributed by atoms with van der Waals surface area (Å²) in [6.45, 7) is 2.06. The highest BCUT2D eigenvalue weighted by Crippen LogP contribution is 2.45. The van der Waals surface area contributed by atoms with Crippen LogP contribution in [0.3, 0.4) is 0 Å². The van der Waals surface area contributed by atoms with E-state index in [1.807, 2.05) is 30.3 Å². The van der Waals surface area contributed by atoms with Crippen LogP contribution in [0, 0.1) is 0 Å². The van der Waals surface area contributed by atoms with Gasteiger partial charge in [-0.15, -0.1) is 0 Å². The van der Waals surface area contributed by atoms with Crippen LogP contribution in [0.2, 0.25) is 0 Å². The standard InChI is InChI=1S/C24H18BrN3O4/c1-2-31-24(30)14-8-10-17(11-9-14)28-22(15-5-3-6-16(25)13-15)19-20(18-7-4-12-32-18)26-27-21(19)23(28)29/h3-13,22H,2H2,1H3,(H,26,27). The van der Waals surface area contributed by atoms with Crippen molar-refractivity contribution in [2.75, 3.05) is 11.5 Å². The van der Waals surface area contributed by atoms with E-state index in [9.17, 15) is 9.59 Å². The fraction of sp³-hybridized carbons (Fsp3) is 0.125. The van der Waals surface area contributed by atoms with Crippen molar-refractivity contribution in [2.24, 2.45) is 0 Å². The molecule has 0 bridgehead atoms. The second-order valence-corrected chi connectivity index (χ2v) is 8.15. The van der Waals surface area contributed by atoms with Gasteiger partial charge in [0, 0.05) is 15.7 Å². The second kappa shape index (κ2) is 8.12. The molecule has 5 rings (SSSR count). The van der Waals surface area contributed by atoms with Crippen molar-refractivity contribution in [2.45, 2.75) is 13.0 Å². The first-order valence-electron chi connectivity index (χ1n) is 10.1. The van der Waals surface area contributed by atoms with Crippen LogP contribution in [0.25, 0.3) is 11.5 Å². The Bertz CT molecular complexity index is 1300. The van der Waals surface area contributed by atoms with Gasteiger partial charge in [0.25, 0.3) is 5.91 Å². The number of ether oxygens (including phenoxy) is 1. The zero-order valence-electron chi connectivity index (χ0n) is 17.0. The maximum atomic E-state index is 13.5. The van der Waals surface area contributed by atoms with Gasteiger partial charge in [0.2, 0.25) is 0 Å². The summed E-state index contributed by atoms with van der Waals surface area (Å²) in [6, 6.07) is 17.8. The minimum absolute atomic E-state index is 0.233. The number of nitrogens with one attached hydrogen (secondary N) is 1. The summed E-state index contributed by atoms with van der Waals surface area (Å²) in [6.07, 6.45) is 1.58. The van der Waals surface area contributed by atoms with Crippen molar-refractivity contribution in [1.29, 1.82) is 0 Å². The summed E-state index contributed by atoms with van der Waals surface area (Å²) in [5.74, 6) is -0.0300. The van der Waals surface area contributed by atoms with E-state index in [1.54, 1.807) is 48.4 Å². The Morgan fingerprint density at radius 3 is 2.69 bits per heavy atom. The Balaban J connectivity index is 1.63. The largest absolute Gasteiger partial charge is 0.463 e. The summed E-state index contributed by atoms with van der Waals surface area (Å²) in [7, 11) is 0. The first kappa shape index (κ1) is 20.3. The molecule has 2 aromatic carbocycles. The van der Waals surface area contributed by atoms with Crippen LogP contribution in [-0.2, 0) is 4.74 Å². The van der Waals surface area contributed by atoms with E-state index in [-0.39, 0.29) is 5.91 Å². The molecule has 1 unspecified atom stereocenters.